The Hall–Kier alpha value is -0.655. The second-order valence-corrected chi connectivity index (χ2v) is 6.64. The number of rotatable bonds is 2. The third-order valence-corrected chi connectivity index (χ3v) is 4.27. The van der Waals surface area contributed by atoms with Crippen molar-refractivity contribution in [3.63, 3.8) is 0 Å². The standard InChI is InChI=1S/C16H28BN/c1-8-13(5)18-10-16(6,7)14(17)9-12(4)15(18)11(2)3/h13-14H,4,8-10H2,1-3,5-7H3. The van der Waals surface area contributed by atoms with E-state index in [2.05, 4.69) is 53.0 Å². The fourth-order valence-corrected chi connectivity index (χ4v) is 2.71. The van der Waals surface area contributed by atoms with E-state index in [1.54, 1.807) is 0 Å². The van der Waals surface area contributed by atoms with Crippen LogP contribution in [0.4, 0.5) is 0 Å². The van der Waals surface area contributed by atoms with E-state index in [0.717, 1.165) is 19.4 Å². The van der Waals surface area contributed by atoms with Gasteiger partial charge < -0.3 is 4.90 Å². The summed E-state index contributed by atoms with van der Waals surface area (Å²) in [4.78, 5) is 2.52. The molecule has 2 unspecified atom stereocenters. The predicted octanol–water partition coefficient (Wildman–Crippen LogP) is 4.32. The van der Waals surface area contributed by atoms with Crippen molar-refractivity contribution in [2.75, 3.05) is 6.54 Å². The Labute approximate surface area is 115 Å². The first-order chi connectivity index (χ1) is 8.20. The van der Waals surface area contributed by atoms with E-state index in [0.29, 0.717) is 6.04 Å². The van der Waals surface area contributed by atoms with Gasteiger partial charge in [0.15, 0.2) is 0 Å². The summed E-state index contributed by atoms with van der Waals surface area (Å²) in [6.07, 6.45) is 2.05. The highest BCUT2D eigenvalue weighted by Gasteiger charge is 2.35. The summed E-state index contributed by atoms with van der Waals surface area (Å²) >= 11 is 0. The van der Waals surface area contributed by atoms with Crippen molar-refractivity contribution < 1.29 is 0 Å². The van der Waals surface area contributed by atoms with Crippen molar-refractivity contribution in [2.45, 2.75) is 66.2 Å². The highest BCUT2D eigenvalue weighted by atomic mass is 15.2. The van der Waals surface area contributed by atoms with Crippen LogP contribution in [0, 0.1) is 5.41 Å². The molecule has 1 fully saturated rings. The fourth-order valence-electron chi connectivity index (χ4n) is 2.71. The average Bonchev–Trinajstić information content (AvgIpc) is 2.33. The molecular formula is C16H28BN. The van der Waals surface area contributed by atoms with Gasteiger partial charge in [0.1, 0.15) is 0 Å². The van der Waals surface area contributed by atoms with Gasteiger partial charge in [-0.1, -0.05) is 38.7 Å². The zero-order valence-corrected chi connectivity index (χ0v) is 13.0. The van der Waals surface area contributed by atoms with Crippen LogP contribution in [-0.4, -0.2) is 25.3 Å². The fraction of sp³-hybridized carbons (Fsp3) is 0.750. The molecular weight excluding hydrogens is 217 g/mol. The van der Waals surface area contributed by atoms with Crippen LogP contribution in [0.15, 0.2) is 23.4 Å². The molecule has 0 aromatic carbocycles. The molecule has 1 aliphatic heterocycles. The second kappa shape index (κ2) is 5.55. The van der Waals surface area contributed by atoms with Crippen LogP contribution in [0.3, 0.4) is 0 Å². The molecule has 0 aliphatic carbocycles. The molecule has 0 bridgehead atoms. The summed E-state index contributed by atoms with van der Waals surface area (Å²) in [5.74, 6) is 0.188. The van der Waals surface area contributed by atoms with Gasteiger partial charge in [-0.15, -0.1) is 0 Å². The van der Waals surface area contributed by atoms with Crippen LogP contribution < -0.4 is 0 Å². The Kier molecular flexibility index (Phi) is 4.75. The van der Waals surface area contributed by atoms with Crippen LogP contribution in [0.1, 0.15) is 54.4 Å². The average molecular weight is 245 g/mol. The maximum absolute atomic E-state index is 6.36. The van der Waals surface area contributed by atoms with Gasteiger partial charge in [0.05, 0.1) is 7.85 Å². The van der Waals surface area contributed by atoms with Gasteiger partial charge >= 0.3 is 0 Å². The van der Waals surface area contributed by atoms with Crippen LogP contribution in [0.5, 0.6) is 0 Å². The van der Waals surface area contributed by atoms with E-state index in [-0.39, 0.29) is 11.2 Å². The molecule has 1 aliphatic rings. The molecule has 0 amide bonds. The molecule has 100 valence electrons. The molecule has 2 radical (unpaired) electrons. The molecule has 0 saturated carbocycles. The lowest BCUT2D eigenvalue weighted by Crippen LogP contribution is -2.39. The van der Waals surface area contributed by atoms with Gasteiger partial charge in [-0.2, -0.15) is 0 Å². The lowest BCUT2D eigenvalue weighted by atomic mass is 9.65. The zero-order chi connectivity index (χ0) is 14.1. The van der Waals surface area contributed by atoms with Crippen LogP contribution in [0.25, 0.3) is 0 Å². The van der Waals surface area contributed by atoms with Crippen molar-refractivity contribution in [2.24, 2.45) is 5.41 Å². The van der Waals surface area contributed by atoms with E-state index >= 15 is 0 Å². The molecule has 18 heavy (non-hydrogen) atoms. The topological polar surface area (TPSA) is 3.24 Å². The van der Waals surface area contributed by atoms with Crippen LogP contribution in [-0.2, 0) is 0 Å². The summed E-state index contributed by atoms with van der Waals surface area (Å²) in [6.45, 7) is 18.7. The minimum atomic E-state index is 0.129. The van der Waals surface area contributed by atoms with Crippen LogP contribution >= 0.6 is 0 Å². The highest BCUT2D eigenvalue weighted by Crippen LogP contribution is 2.43. The summed E-state index contributed by atoms with van der Waals surface area (Å²) in [6, 6.07) is 0.538. The number of hydrogen-bond acceptors (Lipinski definition) is 1. The molecule has 1 rings (SSSR count). The molecule has 0 aromatic rings. The third kappa shape index (κ3) is 3.02. The summed E-state index contributed by atoms with van der Waals surface area (Å²) in [5.41, 5.74) is 4.02. The summed E-state index contributed by atoms with van der Waals surface area (Å²) < 4.78 is 0. The molecule has 2 atom stereocenters. The summed E-state index contributed by atoms with van der Waals surface area (Å²) in [7, 11) is 6.36. The number of allylic oxidation sites excluding steroid dienone is 2. The lowest BCUT2D eigenvalue weighted by molar-refractivity contribution is 0.181. The molecule has 0 spiro atoms. The monoisotopic (exact) mass is 245 g/mol. The van der Waals surface area contributed by atoms with Crippen molar-refractivity contribution in [3.05, 3.63) is 23.4 Å². The summed E-state index contributed by atoms with van der Waals surface area (Å²) in [5, 5.41) is 0. The van der Waals surface area contributed by atoms with Crippen molar-refractivity contribution in [1.29, 1.82) is 0 Å². The molecule has 1 heterocycles. The Morgan fingerprint density at radius 3 is 2.50 bits per heavy atom. The molecule has 0 N–H and O–H groups in total. The van der Waals surface area contributed by atoms with Gasteiger partial charge in [-0.05, 0) is 44.6 Å². The second-order valence-electron chi connectivity index (χ2n) is 6.64. The Morgan fingerprint density at radius 1 is 1.50 bits per heavy atom. The molecule has 2 heteroatoms. The van der Waals surface area contributed by atoms with Crippen molar-refractivity contribution >= 4 is 7.85 Å². The first kappa shape index (κ1) is 15.4. The van der Waals surface area contributed by atoms with Gasteiger partial charge in [-0.25, -0.2) is 0 Å². The third-order valence-electron chi connectivity index (χ3n) is 4.27. The van der Waals surface area contributed by atoms with E-state index in [9.17, 15) is 0 Å². The van der Waals surface area contributed by atoms with Gasteiger partial charge in [0, 0.05) is 18.3 Å². The quantitative estimate of drug-likeness (QED) is 0.655. The number of hydrogen-bond donors (Lipinski definition) is 0. The first-order valence-corrected chi connectivity index (χ1v) is 7.08. The number of nitrogens with zero attached hydrogens (tertiary/aromatic N) is 1. The first-order valence-electron chi connectivity index (χ1n) is 7.08. The van der Waals surface area contributed by atoms with Gasteiger partial charge in [0.2, 0.25) is 0 Å². The van der Waals surface area contributed by atoms with E-state index in [1.165, 1.54) is 16.8 Å². The predicted molar refractivity (Wildman–Crippen MR) is 81.9 cm³/mol. The van der Waals surface area contributed by atoms with E-state index in [1.807, 2.05) is 0 Å². The minimum absolute atomic E-state index is 0.129. The highest BCUT2D eigenvalue weighted by molar-refractivity contribution is 6.12. The molecule has 1 nitrogen and oxygen atoms in total. The van der Waals surface area contributed by atoms with Crippen molar-refractivity contribution in [3.8, 4) is 0 Å². The minimum Gasteiger partial charge on any atom is -0.368 e. The van der Waals surface area contributed by atoms with Crippen LogP contribution in [0.2, 0.25) is 5.82 Å². The lowest BCUT2D eigenvalue weighted by Gasteiger charge is -2.39. The normalized spacial score (nSPS) is 25.9. The maximum atomic E-state index is 6.36. The van der Waals surface area contributed by atoms with Gasteiger partial charge in [-0.3, -0.25) is 0 Å². The van der Waals surface area contributed by atoms with E-state index < -0.39 is 0 Å². The Balaban J connectivity index is 3.23. The largest absolute Gasteiger partial charge is 0.368 e. The molecule has 1 saturated heterocycles. The SMILES string of the molecule is [B]C1CC(=C)C(=C(C)C)N(C(C)CC)CC1(C)C. The van der Waals surface area contributed by atoms with E-state index in [4.69, 9.17) is 7.85 Å². The smallest absolute Gasteiger partial charge is 0.0712 e. The Bertz CT molecular complexity index is 350. The van der Waals surface area contributed by atoms with Gasteiger partial charge in [0.25, 0.3) is 0 Å². The zero-order valence-electron chi connectivity index (χ0n) is 13.0. The molecule has 0 aromatic heterocycles. The maximum Gasteiger partial charge on any atom is 0.0712 e. The van der Waals surface area contributed by atoms with Crippen molar-refractivity contribution in [1.82, 2.24) is 4.90 Å². The Morgan fingerprint density at radius 2 is 2.06 bits per heavy atom. The number of likely N-dealkylation sites (tertiary alicyclic amines) is 1.